The van der Waals surface area contributed by atoms with E-state index in [9.17, 15) is 4.79 Å². The fraction of sp³-hybridized carbons (Fsp3) is 0.875. The van der Waals surface area contributed by atoms with Gasteiger partial charge in [-0.1, -0.05) is 0 Å². The molecule has 64 valence electrons. The number of carbonyl (C=O) groups is 1. The second kappa shape index (κ2) is 4.46. The fourth-order valence-corrected chi connectivity index (χ4v) is 1.24. The molecule has 3 heteroatoms. The molecule has 0 aromatic rings. The summed E-state index contributed by atoms with van der Waals surface area (Å²) >= 11 is 0. The van der Waals surface area contributed by atoms with Crippen LogP contribution in [0.3, 0.4) is 0 Å². The zero-order chi connectivity index (χ0) is 8.10. The minimum atomic E-state index is 0.184. The maximum Gasteiger partial charge on any atom is 0.139 e. The van der Waals surface area contributed by atoms with Crippen molar-refractivity contribution in [1.82, 2.24) is 5.32 Å². The Labute approximate surface area is 67.1 Å². The van der Waals surface area contributed by atoms with Crippen LogP contribution < -0.4 is 5.32 Å². The Morgan fingerprint density at radius 3 is 3.09 bits per heavy atom. The molecule has 1 aliphatic heterocycles. The minimum absolute atomic E-state index is 0.184. The smallest absolute Gasteiger partial charge is 0.139 e. The molecule has 0 radical (unpaired) electrons. The molecule has 0 bridgehead atoms. The van der Waals surface area contributed by atoms with Gasteiger partial charge in [0.1, 0.15) is 5.78 Å². The number of ether oxygens (including phenoxy) is 1. The van der Waals surface area contributed by atoms with Gasteiger partial charge < -0.3 is 10.1 Å². The first-order chi connectivity index (χ1) is 5.34. The van der Waals surface area contributed by atoms with Crippen molar-refractivity contribution < 1.29 is 9.53 Å². The summed E-state index contributed by atoms with van der Waals surface area (Å²) in [7, 11) is 1.86. The topological polar surface area (TPSA) is 38.3 Å². The van der Waals surface area contributed by atoms with E-state index in [1.54, 1.807) is 0 Å². The first kappa shape index (κ1) is 8.68. The molecule has 1 aliphatic rings. The van der Waals surface area contributed by atoms with E-state index >= 15 is 0 Å². The van der Waals surface area contributed by atoms with Gasteiger partial charge in [0.05, 0.1) is 6.61 Å². The van der Waals surface area contributed by atoms with Gasteiger partial charge in [-0.2, -0.15) is 0 Å². The predicted octanol–water partition coefficient (Wildman–Crippen LogP) is 0.201. The Bertz CT molecular complexity index is 130. The predicted molar refractivity (Wildman–Crippen MR) is 42.5 cm³/mol. The van der Waals surface area contributed by atoms with Gasteiger partial charge in [0.25, 0.3) is 0 Å². The summed E-state index contributed by atoms with van der Waals surface area (Å²) in [6.07, 6.45) is 1.56. The number of ketones is 1. The van der Waals surface area contributed by atoms with Crippen molar-refractivity contribution >= 4 is 5.78 Å². The second-order valence-corrected chi connectivity index (χ2v) is 2.88. The third-order valence-corrected chi connectivity index (χ3v) is 2.01. The second-order valence-electron chi connectivity index (χ2n) is 2.88. The largest absolute Gasteiger partial charge is 0.381 e. The van der Waals surface area contributed by atoms with Crippen LogP contribution in [0.1, 0.15) is 12.8 Å². The van der Waals surface area contributed by atoms with Crippen LogP contribution in [-0.2, 0) is 9.53 Å². The number of hydrogen-bond donors (Lipinski definition) is 1. The van der Waals surface area contributed by atoms with Gasteiger partial charge in [-0.25, -0.2) is 0 Å². The van der Waals surface area contributed by atoms with E-state index in [0.717, 1.165) is 19.6 Å². The highest BCUT2D eigenvalue weighted by Gasteiger charge is 2.22. The monoisotopic (exact) mass is 157 g/mol. The highest BCUT2D eigenvalue weighted by atomic mass is 16.5. The number of nitrogens with one attached hydrogen (secondary N) is 1. The van der Waals surface area contributed by atoms with Crippen LogP contribution in [0.25, 0.3) is 0 Å². The lowest BCUT2D eigenvalue weighted by Crippen LogP contribution is -2.19. The molecule has 1 saturated heterocycles. The van der Waals surface area contributed by atoms with Crippen LogP contribution in [0, 0.1) is 5.92 Å². The van der Waals surface area contributed by atoms with Crippen LogP contribution in [0.4, 0.5) is 0 Å². The third kappa shape index (κ3) is 2.60. The summed E-state index contributed by atoms with van der Waals surface area (Å²) in [5.74, 6) is 0.528. The maximum absolute atomic E-state index is 11.3. The molecule has 0 amide bonds. The van der Waals surface area contributed by atoms with Crippen molar-refractivity contribution in [2.45, 2.75) is 12.8 Å². The van der Waals surface area contributed by atoms with Gasteiger partial charge >= 0.3 is 0 Å². The molecular formula is C8H15NO2. The van der Waals surface area contributed by atoms with E-state index in [0.29, 0.717) is 18.8 Å². The molecule has 1 rings (SSSR count). The number of hydrogen-bond acceptors (Lipinski definition) is 3. The van der Waals surface area contributed by atoms with Gasteiger partial charge in [-0.05, 0) is 13.5 Å². The van der Waals surface area contributed by atoms with E-state index in [1.165, 1.54) is 0 Å². The Hall–Kier alpha value is -0.410. The lowest BCUT2D eigenvalue weighted by Gasteiger charge is -2.04. The van der Waals surface area contributed by atoms with Crippen LogP contribution in [0.15, 0.2) is 0 Å². The normalized spacial score (nSPS) is 23.9. The molecule has 1 N–H and O–H groups in total. The quantitative estimate of drug-likeness (QED) is 0.633. The molecule has 1 heterocycles. The van der Waals surface area contributed by atoms with Crippen LogP contribution >= 0.6 is 0 Å². The summed E-state index contributed by atoms with van der Waals surface area (Å²) in [5.41, 5.74) is 0. The molecule has 0 spiro atoms. The van der Waals surface area contributed by atoms with Gasteiger partial charge in [-0.15, -0.1) is 0 Å². The van der Waals surface area contributed by atoms with Gasteiger partial charge in [0.2, 0.25) is 0 Å². The first-order valence-electron chi connectivity index (χ1n) is 4.09. The molecule has 0 aromatic carbocycles. The van der Waals surface area contributed by atoms with Crippen molar-refractivity contribution in [2.24, 2.45) is 5.92 Å². The molecule has 1 unspecified atom stereocenters. The molecule has 1 fully saturated rings. The minimum Gasteiger partial charge on any atom is -0.381 e. The summed E-state index contributed by atoms with van der Waals surface area (Å²) in [5, 5.41) is 2.96. The lowest BCUT2D eigenvalue weighted by atomic mass is 10.0. The maximum atomic E-state index is 11.3. The molecule has 0 aromatic heterocycles. The highest BCUT2D eigenvalue weighted by Crippen LogP contribution is 2.14. The Morgan fingerprint density at radius 2 is 2.55 bits per heavy atom. The molecule has 0 saturated carbocycles. The van der Waals surface area contributed by atoms with Crippen molar-refractivity contribution in [3.63, 3.8) is 0 Å². The Balaban J connectivity index is 2.17. The van der Waals surface area contributed by atoms with Crippen molar-refractivity contribution in [2.75, 3.05) is 26.8 Å². The molecule has 0 aliphatic carbocycles. The van der Waals surface area contributed by atoms with E-state index in [-0.39, 0.29) is 5.92 Å². The summed E-state index contributed by atoms with van der Waals surface area (Å²) < 4.78 is 5.12. The lowest BCUT2D eigenvalue weighted by molar-refractivity contribution is -0.122. The Morgan fingerprint density at radius 1 is 1.73 bits per heavy atom. The van der Waals surface area contributed by atoms with Crippen LogP contribution in [-0.4, -0.2) is 32.6 Å². The summed E-state index contributed by atoms with van der Waals surface area (Å²) in [6.45, 7) is 2.19. The standard InChI is InChI=1S/C8H15NO2/c1-9-4-2-8(10)7-3-5-11-6-7/h7,9H,2-6H2,1H3. The van der Waals surface area contributed by atoms with E-state index < -0.39 is 0 Å². The van der Waals surface area contributed by atoms with E-state index in [4.69, 9.17) is 4.74 Å². The van der Waals surface area contributed by atoms with Gasteiger partial charge in [-0.3, -0.25) is 4.79 Å². The van der Waals surface area contributed by atoms with Crippen LogP contribution in [0.2, 0.25) is 0 Å². The zero-order valence-electron chi connectivity index (χ0n) is 6.93. The summed E-state index contributed by atoms with van der Waals surface area (Å²) in [4.78, 5) is 11.3. The molecule has 3 nitrogen and oxygen atoms in total. The zero-order valence-corrected chi connectivity index (χ0v) is 6.93. The van der Waals surface area contributed by atoms with Crippen molar-refractivity contribution in [1.29, 1.82) is 0 Å². The van der Waals surface area contributed by atoms with Crippen LogP contribution in [0.5, 0.6) is 0 Å². The number of rotatable bonds is 4. The SMILES string of the molecule is CNCCC(=O)C1CCOC1. The number of carbonyl (C=O) groups excluding carboxylic acids is 1. The average Bonchev–Trinajstić information content (AvgIpc) is 2.52. The van der Waals surface area contributed by atoms with Crippen molar-refractivity contribution in [3.8, 4) is 0 Å². The summed E-state index contributed by atoms with van der Waals surface area (Å²) in [6, 6.07) is 0. The van der Waals surface area contributed by atoms with Gasteiger partial charge in [0.15, 0.2) is 0 Å². The first-order valence-corrected chi connectivity index (χ1v) is 4.09. The molecule has 1 atom stereocenters. The van der Waals surface area contributed by atoms with Gasteiger partial charge in [0, 0.05) is 25.5 Å². The average molecular weight is 157 g/mol. The number of Topliss-reactive ketones (excluding diaryl/α,β-unsaturated/α-hetero) is 1. The molecular weight excluding hydrogens is 142 g/mol. The fourth-order valence-electron chi connectivity index (χ4n) is 1.24. The third-order valence-electron chi connectivity index (χ3n) is 2.01. The van der Waals surface area contributed by atoms with E-state index in [1.807, 2.05) is 7.05 Å². The van der Waals surface area contributed by atoms with E-state index in [2.05, 4.69) is 5.32 Å². The highest BCUT2D eigenvalue weighted by molar-refractivity contribution is 5.81. The molecule has 11 heavy (non-hydrogen) atoms. The Kier molecular flexibility index (Phi) is 3.52. The van der Waals surface area contributed by atoms with Crippen molar-refractivity contribution in [3.05, 3.63) is 0 Å².